The molecule has 3 rings (SSSR count). The second-order valence-corrected chi connectivity index (χ2v) is 9.00. The zero-order valence-electron chi connectivity index (χ0n) is 17.9. The Morgan fingerprint density at radius 2 is 1.88 bits per heavy atom. The molecule has 0 spiro atoms. The SMILES string of the molecule is CC(C)(O)c1ccc(-c2cc(C(N)O)c(Nc3cccc(CNCC(F)(F)F)n3)s2)c(F)c1. The predicted octanol–water partition coefficient (Wildman–Crippen LogP) is 4.52. The molecule has 33 heavy (non-hydrogen) atoms. The van der Waals surface area contributed by atoms with Crippen LogP contribution in [0.25, 0.3) is 10.4 Å². The molecule has 1 unspecified atom stereocenters. The van der Waals surface area contributed by atoms with Gasteiger partial charge in [-0.3, -0.25) is 0 Å². The number of aromatic nitrogens is 1. The quantitative estimate of drug-likeness (QED) is 0.238. The maximum Gasteiger partial charge on any atom is 0.401 e. The van der Waals surface area contributed by atoms with Gasteiger partial charge >= 0.3 is 6.18 Å². The minimum absolute atomic E-state index is 0.0874. The first-order valence-electron chi connectivity index (χ1n) is 9.94. The van der Waals surface area contributed by atoms with Crippen LogP contribution in [0.3, 0.4) is 0 Å². The number of halogens is 4. The molecule has 0 fully saturated rings. The Morgan fingerprint density at radius 1 is 1.15 bits per heavy atom. The summed E-state index contributed by atoms with van der Waals surface area (Å²) in [7, 11) is 0. The second kappa shape index (κ2) is 9.74. The van der Waals surface area contributed by atoms with Crippen molar-refractivity contribution in [2.24, 2.45) is 5.73 Å². The number of nitrogens with one attached hydrogen (secondary N) is 2. The average molecular weight is 485 g/mol. The summed E-state index contributed by atoms with van der Waals surface area (Å²) < 4.78 is 51.8. The molecule has 6 nitrogen and oxygen atoms in total. The fraction of sp³-hybridized carbons (Fsp3) is 0.318. The van der Waals surface area contributed by atoms with Crippen LogP contribution in [0.5, 0.6) is 0 Å². The van der Waals surface area contributed by atoms with Crippen LogP contribution < -0.4 is 16.4 Å². The lowest BCUT2D eigenvalue weighted by atomic mass is 9.96. The zero-order chi connectivity index (χ0) is 24.4. The van der Waals surface area contributed by atoms with Crippen LogP contribution in [-0.4, -0.2) is 27.9 Å². The molecule has 178 valence electrons. The van der Waals surface area contributed by atoms with Crippen LogP contribution in [0.2, 0.25) is 0 Å². The van der Waals surface area contributed by atoms with Crippen LogP contribution in [0.15, 0.2) is 42.5 Å². The molecule has 0 bridgehead atoms. The predicted molar refractivity (Wildman–Crippen MR) is 119 cm³/mol. The lowest BCUT2D eigenvalue weighted by molar-refractivity contribution is -0.125. The van der Waals surface area contributed by atoms with Crippen LogP contribution in [0, 0.1) is 5.82 Å². The number of aliphatic hydroxyl groups excluding tert-OH is 1. The van der Waals surface area contributed by atoms with Crippen molar-refractivity contribution in [2.75, 3.05) is 11.9 Å². The third-order valence-electron chi connectivity index (χ3n) is 4.70. The highest BCUT2D eigenvalue weighted by Crippen LogP contribution is 2.40. The van der Waals surface area contributed by atoms with E-state index < -0.39 is 30.4 Å². The van der Waals surface area contributed by atoms with Gasteiger partial charge in [-0.1, -0.05) is 18.2 Å². The zero-order valence-corrected chi connectivity index (χ0v) is 18.7. The number of pyridine rings is 1. The number of alkyl halides is 3. The van der Waals surface area contributed by atoms with E-state index in [1.165, 1.54) is 12.1 Å². The first-order valence-corrected chi connectivity index (χ1v) is 10.8. The van der Waals surface area contributed by atoms with Gasteiger partial charge in [0.2, 0.25) is 0 Å². The Bertz CT molecular complexity index is 1110. The maximum atomic E-state index is 14.8. The molecule has 0 aliphatic rings. The van der Waals surface area contributed by atoms with Crippen LogP contribution in [-0.2, 0) is 12.1 Å². The minimum Gasteiger partial charge on any atom is -0.386 e. The van der Waals surface area contributed by atoms with E-state index in [0.717, 1.165) is 11.3 Å². The summed E-state index contributed by atoms with van der Waals surface area (Å²) in [6, 6.07) is 10.8. The standard InChI is InChI=1S/C22H24F4N4O2S/c1-21(2,32)12-6-7-14(16(23)8-12)17-9-15(19(27)31)20(33-17)30-18-5-3-4-13(29-18)10-28-11-22(24,25)26/h3-9,19,28,31-32H,10-11,27H2,1-2H3,(H,29,30). The van der Waals surface area contributed by atoms with Gasteiger partial charge in [0.15, 0.2) is 0 Å². The van der Waals surface area contributed by atoms with E-state index in [-0.39, 0.29) is 12.1 Å². The molecule has 1 aromatic carbocycles. The smallest absolute Gasteiger partial charge is 0.386 e. The van der Waals surface area contributed by atoms with Gasteiger partial charge in [-0.15, -0.1) is 11.3 Å². The molecule has 0 aliphatic carbocycles. The molecule has 0 aliphatic heterocycles. The van der Waals surface area contributed by atoms with Gasteiger partial charge in [0.1, 0.15) is 22.9 Å². The summed E-state index contributed by atoms with van der Waals surface area (Å²) in [6.07, 6.45) is -5.68. The van der Waals surface area contributed by atoms with Crippen molar-refractivity contribution >= 4 is 22.2 Å². The van der Waals surface area contributed by atoms with Gasteiger partial charge < -0.3 is 26.6 Å². The van der Waals surface area contributed by atoms with Gasteiger partial charge in [0, 0.05) is 22.5 Å². The number of aliphatic hydroxyl groups is 2. The summed E-state index contributed by atoms with van der Waals surface area (Å²) in [5.74, 6) is -0.217. The highest BCUT2D eigenvalue weighted by molar-refractivity contribution is 7.19. The second-order valence-electron chi connectivity index (χ2n) is 7.95. The molecule has 11 heteroatoms. The monoisotopic (exact) mass is 484 g/mol. The number of nitrogens with two attached hydrogens (primary N) is 1. The molecule has 0 saturated carbocycles. The number of nitrogens with zero attached hydrogens (tertiary/aromatic N) is 1. The van der Waals surface area contributed by atoms with Gasteiger partial charge in [0.25, 0.3) is 0 Å². The van der Waals surface area contributed by atoms with Crippen molar-refractivity contribution in [2.45, 2.75) is 38.4 Å². The number of hydrogen-bond donors (Lipinski definition) is 5. The lowest BCUT2D eigenvalue weighted by Gasteiger charge is -2.18. The summed E-state index contributed by atoms with van der Waals surface area (Å²) in [5, 5.41) is 25.8. The van der Waals surface area contributed by atoms with E-state index in [1.54, 1.807) is 44.2 Å². The Kier molecular flexibility index (Phi) is 7.39. The van der Waals surface area contributed by atoms with Gasteiger partial charge in [-0.05, 0) is 43.7 Å². The fourth-order valence-corrected chi connectivity index (χ4v) is 4.18. The lowest BCUT2D eigenvalue weighted by Crippen LogP contribution is -2.28. The number of benzene rings is 1. The number of thiophene rings is 1. The van der Waals surface area contributed by atoms with Crippen molar-refractivity contribution in [1.29, 1.82) is 0 Å². The average Bonchev–Trinajstić information content (AvgIpc) is 3.10. The van der Waals surface area contributed by atoms with Crippen molar-refractivity contribution in [3.63, 3.8) is 0 Å². The molecule has 0 radical (unpaired) electrons. The molecule has 2 heterocycles. The van der Waals surface area contributed by atoms with Crippen molar-refractivity contribution in [3.8, 4) is 10.4 Å². The van der Waals surface area contributed by atoms with E-state index in [1.807, 2.05) is 0 Å². The first-order chi connectivity index (χ1) is 15.3. The Labute approximate surface area is 192 Å². The molecule has 3 aromatic rings. The highest BCUT2D eigenvalue weighted by atomic mass is 32.1. The van der Waals surface area contributed by atoms with Crippen molar-refractivity contribution in [1.82, 2.24) is 10.3 Å². The Morgan fingerprint density at radius 3 is 2.48 bits per heavy atom. The molecular weight excluding hydrogens is 460 g/mol. The summed E-state index contributed by atoms with van der Waals surface area (Å²) >= 11 is 1.13. The molecular formula is C22H24F4N4O2S. The van der Waals surface area contributed by atoms with Crippen molar-refractivity contribution in [3.05, 3.63) is 65.1 Å². The van der Waals surface area contributed by atoms with Gasteiger partial charge in [-0.25, -0.2) is 9.37 Å². The number of rotatable bonds is 8. The van der Waals surface area contributed by atoms with Crippen LogP contribution in [0.4, 0.5) is 28.4 Å². The van der Waals surface area contributed by atoms with Crippen LogP contribution >= 0.6 is 11.3 Å². The van der Waals surface area contributed by atoms with Gasteiger partial charge in [-0.2, -0.15) is 13.2 Å². The number of hydrogen-bond acceptors (Lipinski definition) is 7. The maximum absolute atomic E-state index is 14.8. The third-order valence-corrected chi connectivity index (χ3v) is 5.80. The van der Waals surface area contributed by atoms with E-state index in [9.17, 15) is 27.8 Å². The largest absolute Gasteiger partial charge is 0.401 e. The van der Waals surface area contributed by atoms with Crippen LogP contribution in [0.1, 0.15) is 36.9 Å². The highest BCUT2D eigenvalue weighted by Gasteiger charge is 2.26. The molecule has 1 atom stereocenters. The van der Waals surface area contributed by atoms with Gasteiger partial charge in [0.05, 0.1) is 17.8 Å². The molecule has 0 saturated heterocycles. The van der Waals surface area contributed by atoms with E-state index >= 15 is 0 Å². The molecule has 0 amide bonds. The third kappa shape index (κ3) is 6.71. The summed E-state index contributed by atoms with van der Waals surface area (Å²) in [6.45, 7) is 1.88. The minimum atomic E-state index is -4.32. The Balaban J connectivity index is 1.85. The summed E-state index contributed by atoms with van der Waals surface area (Å²) in [4.78, 5) is 4.75. The first kappa shape index (κ1) is 25.1. The van der Waals surface area contributed by atoms with E-state index in [4.69, 9.17) is 5.73 Å². The number of anilines is 2. The normalized spacial score (nSPS) is 13.2. The topological polar surface area (TPSA) is 103 Å². The molecule has 6 N–H and O–H groups in total. The Hall–Kier alpha value is -2.57. The van der Waals surface area contributed by atoms with Crippen molar-refractivity contribution < 1.29 is 27.8 Å². The van der Waals surface area contributed by atoms with E-state index in [0.29, 0.717) is 32.5 Å². The molecule has 2 aromatic heterocycles. The summed E-state index contributed by atoms with van der Waals surface area (Å²) in [5.41, 5.74) is 5.84. The fourth-order valence-electron chi connectivity index (χ4n) is 3.05. The van der Waals surface area contributed by atoms with E-state index in [2.05, 4.69) is 15.6 Å².